The van der Waals surface area contributed by atoms with Gasteiger partial charge in [0, 0.05) is 11.6 Å². The lowest BCUT2D eigenvalue weighted by molar-refractivity contribution is -0.385. The van der Waals surface area contributed by atoms with Crippen LogP contribution in [0.1, 0.15) is 26.3 Å². The maximum Gasteiger partial charge on any atom is 0.287 e. The van der Waals surface area contributed by atoms with Crippen LogP contribution in [0.25, 0.3) is 0 Å². The van der Waals surface area contributed by atoms with E-state index in [0.29, 0.717) is 0 Å². The lowest BCUT2D eigenvalue weighted by atomic mass is 9.97. The number of hydrogen-bond acceptors (Lipinski definition) is 5. The molecule has 2 rings (SSSR count). The standard InChI is InChI=1S/C15H8N2O4/c16-9-12-11(7-4-8-13(12)17(20)21)15(19)14(18)10-5-2-1-3-6-10/h1-8H. The van der Waals surface area contributed by atoms with Crippen molar-refractivity contribution in [2.45, 2.75) is 0 Å². The molecule has 0 unspecified atom stereocenters. The summed E-state index contributed by atoms with van der Waals surface area (Å²) >= 11 is 0. The average molecular weight is 280 g/mol. The van der Waals surface area contributed by atoms with Gasteiger partial charge >= 0.3 is 0 Å². The second kappa shape index (κ2) is 5.75. The summed E-state index contributed by atoms with van der Waals surface area (Å²) < 4.78 is 0. The predicted octanol–water partition coefficient (Wildman–Crippen LogP) is 2.53. The van der Waals surface area contributed by atoms with E-state index in [1.807, 2.05) is 0 Å². The van der Waals surface area contributed by atoms with Crippen LogP contribution >= 0.6 is 0 Å². The Bertz CT molecular complexity index is 776. The molecule has 0 spiro atoms. The molecule has 0 aliphatic heterocycles. The molecule has 0 radical (unpaired) electrons. The fourth-order valence-corrected chi connectivity index (χ4v) is 1.84. The van der Waals surface area contributed by atoms with Crippen LogP contribution in [-0.2, 0) is 0 Å². The van der Waals surface area contributed by atoms with E-state index < -0.39 is 27.7 Å². The highest BCUT2D eigenvalue weighted by molar-refractivity contribution is 6.49. The zero-order valence-electron chi connectivity index (χ0n) is 10.6. The van der Waals surface area contributed by atoms with E-state index in [1.165, 1.54) is 24.3 Å². The molecule has 21 heavy (non-hydrogen) atoms. The minimum Gasteiger partial charge on any atom is -0.285 e. The van der Waals surface area contributed by atoms with Gasteiger partial charge < -0.3 is 0 Å². The van der Waals surface area contributed by atoms with Gasteiger partial charge in [-0.05, 0) is 6.07 Å². The topological polar surface area (TPSA) is 101 Å². The van der Waals surface area contributed by atoms with Gasteiger partial charge in [-0.25, -0.2) is 0 Å². The van der Waals surface area contributed by atoms with E-state index in [-0.39, 0.29) is 11.1 Å². The SMILES string of the molecule is N#Cc1c(C(=O)C(=O)c2ccccc2)cccc1[N+](=O)[O-]. The van der Waals surface area contributed by atoms with Crippen molar-refractivity contribution in [2.24, 2.45) is 0 Å². The largest absolute Gasteiger partial charge is 0.287 e. The first-order chi connectivity index (χ1) is 10.1. The molecule has 0 saturated heterocycles. The number of nitro benzene ring substituents is 1. The van der Waals surface area contributed by atoms with Crippen molar-refractivity contribution >= 4 is 17.3 Å². The van der Waals surface area contributed by atoms with Gasteiger partial charge in [-0.2, -0.15) is 5.26 Å². The molecule has 0 aliphatic rings. The monoisotopic (exact) mass is 280 g/mol. The van der Waals surface area contributed by atoms with Gasteiger partial charge in [0.05, 0.1) is 10.5 Å². The number of carbonyl (C=O) groups excluding carboxylic acids is 2. The summed E-state index contributed by atoms with van der Waals surface area (Å²) in [5.41, 5.74) is -1.00. The summed E-state index contributed by atoms with van der Waals surface area (Å²) in [7, 11) is 0. The zero-order chi connectivity index (χ0) is 15.4. The number of hydrogen-bond donors (Lipinski definition) is 0. The first-order valence-electron chi connectivity index (χ1n) is 5.88. The van der Waals surface area contributed by atoms with Crippen molar-refractivity contribution in [1.82, 2.24) is 0 Å². The summed E-state index contributed by atoms with van der Waals surface area (Å²) in [5, 5.41) is 19.9. The van der Waals surface area contributed by atoms with Crippen molar-refractivity contribution in [3.05, 3.63) is 75.3 Å². The van der Waals surface area contributed by atoms with Gasteiger partial charge in [0.15, 0.2) is 0 Å². The lowest BCUT2D eigenvalue weighted by Gasteiger charge is -2.03. The molecule has 102 valence electrons. The molecule has 0 heterocycles. The molecular formula is C15H8N2O4. The number of nitro groups is 1. The highest BCUT2D eigenvalue weighted by Gasteiger charge is 2.26. The Hall–Kier alpha value is -3.33. The number of ketones is 2. The Morgan fingerprint density at radius 3 is 2.24 bits per heavy atom. The Morgan fingerprint density at radius 2 is 1.67 bits per heavy atom. The third kappa shape index (κ3) is 2.67. The minimum absolute atomic E-state index is 0.165. The smallest absolute Gasteiger partial charge is 0.285 e. The Morgan fingerprint density at radius 1 is 1.00 bits per heavy atom. The molecule has 0 amide bonds. The first-order valence-corrected chi connectivity index (χ1v) is 5.88. The summed E-state index contributed by atoms with van der Waals surface area (Å²) in [5.74, 6) is -1.76. The van der Waals surface area contributed by atoms with Gasteiger partial charge in [0.1, 0.15) is 11.6 Å². The number of Topliss-reactive ketones (excluding diaryl/α,β-unsaturated/α-hetero) is 2. The maximum atomic E-state index is 12.2. The Labute approximate surface area is 119 Å². The molecule has 0 bridgehead atoms. The highest BCUT2D eigenvalue weighted by atomic mass is 16.6. The highest BCUT2D eigenvalue weighted by Crippen LogP contribution is 2.22. The van der Waals surface area contributed by atoms with Gasteiger partial charge in [-0.15, -0.1) is 0 Å². The minimum atomic E-state index is -0.943. The Balaban J connectivity index is 2.50. The fourth-order valence-electron chi connectivity index (χ4n) is 1.84. The van der Waals surface area contributed by atoms with Crippen molar-refractivity contribution in [2.75, 3.05) is 0 Å². The van der Waals surface area contributed by atoms with Crippen molar-refractivity contribution in [3.63, 3.8) is 0 Å². The van der Waals surface area contributed by atoms with Gasteiger partial charge in [-0.1, -0.05) is 36.4 Å². The summed E-state index contributed by atoms with van der Waals surface area (Å²) in [6.07, 6.45) is 0. The van der Waals surface area contributed by atoms with E-state index in [1.54, 1.807) is 24.3 Å². The second-order valence-electron chi connectivity index (χ2n) is 4.09. The third-order valence-corrected chi connectivity index (χ3v) is 2.84. The van der Waals surface area contributed by atoms with E-state index >= 15 is 0 Å². The predicted molar refractivity (Wildman–Crippen MR) is 72.9 cm³/mol. The molecule has 0 aliphatic carbocycles. The van der Waals surface area contributed by atoms with Crippen molar-refractivity contribution in [1.29, 1.82) is 5.26 Å². The van der Waals surface area contributed by atoms with E-state index in [9.17, 15) is 19.7 Å². The maximum absolute atomic E-state index is 12.2. The number of rotatable bonds is 4. The van der Waals surface area contributed by atoms with Gasteiger partial charge in [0.2, 0.25) is 11.6 Å². The van der Waals surface area contributed by atoms with E-state index in [4.69, 9.17) is 5.26 Å². The van der Waals surface area contributed by atoms with Crippen LogP contribution in [0.2, 0.25) is 0 Å². The molecule has 0 saturated carbocycles. The molecule has 6 heteroatoms. The first kappa shape index (κ1) is 14.1. The molecule has 0 fully saturated rings. The molecule has 0 aromatic heterocycles. The molecule has 2 aromatic rings. The molecule has 6 nitrogen and oxygen atoms in total. The summed E-state index contributed by atoms with van der Waals surface area (Å²) in [6, 6.07) is 13.0. The van der Waals surface area contributed by atoms with Gasteiger partial charge in [0.25, 0.3) is 5.69 Å². The number of nitriles is 1. The molecule has 2 aromatic carbocycles. The zero-order valence-corrected chi connectivity index (χ0v) is 10.6. The van der Waals surface area contributed by atoms with E-state index in [2.05, 4.69) is 0 Å². The summed E-state index contributed by atoms with van der Waals surface area (Å²) in [4.78, 5) is 34.3. The fraction of sp³-hybridized carbons (Fsp3) is 0. The molecule has 0 atom stereocenters. The van der Waals surface area contributed by atoms with Crippen LogP contribution in [0.15, 0.2) is 48.5 Å². The van der Waals surface area contributed by atoms with Crippen LogP contribution in [0.3, 0.4) is 0 Å². The molecular weight excluding hydrogens is 272 g/mol. The number of benzene rings is 2. The average Bonchev–Trinajstić information content (AvgIpc) is 2.53. The Kier molecular flexibility index (Phi) is 3.86. The number of carbonyl (C=O) groups is 2. The lowest BCUT2D eigenvalue weighted by Crippen LogP contribution is -2.16. The second-order valence-corrected chi connectivity index (χ2v) is 4.09. The third-order valence-electron chi connectivity index (χ3n) is 2.84. The van der Waals surface area contributed by atoms with Crippen LogP contribution in [0, 0.1) is 21.4 Å². The van der Waals surface area contributed by atoms with Crippen LogP contribution in [0.5, 0.6) is 0 Å². The van der Waals surface area contributed by atoms with Crippen LogP contribution in [-0.4, -0.2) is 16.5 Å². The van der Waals surface area contributed by atoms with Crippen molar-refractivity contribution < 1.29 is 14.5 Å². The van der Waals surface area contributed by atoms with Gasteiger partial charge in [-0.3, -0.25) is 19.7 Å². The van der Waals surface area contributed by atoms with E-state index in [0.717, 1.165) is 6.07 Å². The molecule has 0 N–H and O–H groups in total. The quantitative estimate of drug-likeness (QED) is 0.370. The van der Waals surface area contributed by atoms with Crippen LogP contribution in [0.4, 0.5) is 5.69 Å². The van der Waals surface area contributed by atoms with Crippen LogP contribution < -0.4 is 0 Å². The normalized spacial score (nSPS) is 9.67. The number of nitrogens with zero attached hydrogens (tertiary/aromatic N) is 2. The summed E-state index contributed by atoms with van der Waals surface area (Å²) in [6.45, 7) is 0. The van der Waals surface area contributed by atoms with Crippen molar-refractivity contribution in [3.8, 4) is 6.07 Å².